The molecule has 10 heteroatoms. The zero-order valence-electron chi connectivity index (χ0n) is 21.0. The molecule has 2 aromatic carbocycles. The number of nitrogens with two attached hydrogens (primary N) is 1. The summed E-state index contributed by atoms with van der Waals surface area (Å²) in [5.74, 6) is -0.644. The molecule has 1 amide bonds. The summed E-state index contributed by atoms with van der Waals surface area (Å²) in [6.07, 6.45) is -0.140. The first-order valence-electron chi connectivity index (χ1n) is 12.5. The maximum absolute atomic E-state index is 13.8. The Morgan fingerprint density at radius 2 is 1.73 bits per heavy atom. The van der Waals surface area contributed by atoms with Gasteiger partial charge in [0.2, 0.25) is 12.0 Å². The average Bonchev–Trinajstić information content (AvgIpc) is 2.87. The zero-order valence-corrected chi connectivity index (χ0v) is 22.5. The van der Waals surface area contributed by atoms with Crippen molar-refractivity contribution in [2.75, 3.05) is 26.2 Å². The van der Waals surface area contributed by atoms with Crippen LogP contribution in [-0.2, 0) is 4.74 Å². The van der Waals surface area contributed by atoms with Crippen LogP contribution in [0.25, 0.3) is 0 Å². The molecule has 37 heavy (non-hydrogen) atoms. The number of nitrogens with zero attached hydrogens (tertiary/aromatic N) is 2. The molecule has 2 aromatic rings. The lowest BCUT2D eigenvalue weighted by Gasteiger charge is -2.40. The van der Waals surface area contributed by atoms with E-state index in [4.69, 9.17) is 33.7 Å². The quantitative estimate of drug-likeness (QED) is 0.523. The number of rotatable bonds is 6. The number of Topliss-reactive ketones (excluding diaryl/α,β-unsaturated/α-hetero) is 2. The van der Waals surface area contributed by atoms with Crippen molar-refractivity contribution in [2.45, 2.75) is 51.5 Å². The molecule has 3 atom stereocenters. The molecular formula is C27H32Cl2N4O4. The maximum atomic E-state index is 13.8. The Balaban J connectivity index is 1.69. The summed E-state index contributed by atoms with van der Waals surface area (Å²) < 4.78 is 5.88. The van der Waals surface area contributed by atoms with Gasteiger partial charge in [-0.1, -0.05) is 40.4 Å². The van der Waals surface area contributed by atoms with Gasteiger partial charge in [-0.15, -0.1) is 0 Å². The molecule has 3 unspecified atom stereocenters. The lowest BCUT2D eigenvalue weighted by atomic mass is 9.96. The van der Waals surface area contributed by atoms with Crippen molar-refractivity contribution >= 4 is 40.9 Å². The van der Waals surface area contributed by atoms with E-state index in [0.29, 0.717) is 43.2 Å². The highest BCUT2D eigenvalue weighted by Gasteiger charge is 2.41. The number of likely N-dealkylation sites (tertiary alicyclic amines) is 1. The number of nitrogens with one attached hydrogen (secondary N) is 1. The predicted octanol–water partition coefficient (Wildman–Crippen LogP) is 4.18. The Labute approximate surface area is 227 Å². The largest absolute Gasteiger partial charge is 0.422 e. The van der Waals surface area contributed by atoms with Gasteiger partial charge in [0.25, 0.3) is 0 Å². The van der Waals surface area contributed by atoms with Crippen LogP contribution < -0.4 is 11.1 Å². The van der Waals surface area contributed by atoms with Crippen LogP contribution in [0.2, 0.25) is 10.0 Å². The van der Waals surface area contributed by atoms with E-state index in [2.05, 4.69) is 5.32 Å². The fourth-order valence-corrected chi connectivity index (χ4v) is 5.26. The Kier molecular flexibility index (Phi) is 8.87. The number of carbonyl (C=O) groups is 3. The van der Waals surface area contributed by atoms with Crippen LogP contribution in [0.4, 0.5) is 4.79 Å². The monoisotopic (exact) mass is 546 g/mol. The van der Waals surface area contributed by atoms with Gasteiger partial charge in [-0.3, -0.25) is 14.5 Å². The summed E-state index contributed by atoms with van der Waals surface area (Å²) in [5.41, 5.74) is 8.87. The van der Waals surface area contributed by atoms with Gasteiger partial charge >= 0.3 is 6.09 Å². The molecule has 2 heterocycles. The summed E-state index contributed by atoms with van der Waals surface area (Å²) in [6.45, 7) is 5.45. The summed E-state index contributed by atoms with van der Waals surface area (Å²) in [7, 11) is 0. The number of carbonyl (C=O) groups excluding carboxylic acids is 3. The number of aryl methyl sites for hydroxylation is 2. The van der Waals surface area contributed by atoms with Gasteiger partial charge in [0.1, 0.15) is 0 Å². The Morgan fingerprint density at radius 3 is 2.41 bits per heavy atom. The molecule has 0 saturated carbocycles. The minimum Gasteiger partial charge on any atom is -0.422 e. The van der Waals surface area contributed by atoms with E-state index < -0.39 is 30.3 Å². The minimum absolute atomic E-state index is 0.156. The molecule has 8 nitrogen and oxygen atoms in total. The maximum Gasteiger partial charge on any atom is 0.412 e. The van der Waals surface area contributed by atoms with E-state index in [9.17, 15) is 14.4 Å². The molecule has 0 spiro atoms. The molecule has 2 saturated heterocycles. The van der Waals surface area contributed by atoms with Gasteiger partial charge in [0.05, 0.1) is 22.3 Å². The molecular weight excluding hydrogens is 515 g/mol. The number of piperazine rings is 1. The number of benzene rings is 2. The number of amides is 1. The van der Waals surface area contributed by atoms with Crippen molar-refractivity contribution < 1.29 is 19.1 Å². The topological polar surface area (TPSA) is 105 Å². The Bertz CT molecular complexity index is 1170. The number of ether oxygens (including phenoxy) is 1. The van der Waals surface area contributed by atoms with E-state index in [1.165, 1.54) is 23.1 Å². The third-order valence-corrected chi connectivity index (χ3v) is 7.56. The van der Waals surface area contributed by atoms with Crippen LogP contribution in [0.5, 0.6) is 0 Å². The van der Waals surface area contributed by atoms with Crippen LogP contribution in [0.3, 0.4) is 0 Å². The minimum atomic E-state index is -1.35. The summed E-state index contributed by atoms with van der Waals surface area (Å²) in [5, 5.41) is 3.74. The van der Waals surface area contributed by atoms with Crippen molar-refractivity contribution in [3.8, 4) is 0 Å². The lowest BCUT2D eigenvalue weighted by Crippen LogP contribution is -2.62. The second-order valence-electron chi connectivity index (χ2n) is 9.68. The van der Waals surface area contributed by atoms with Crippen molar-refractivity contribution in [1.82, 2.24) is 15.1 Å². The highest BCUT2D eigenvalue weighted by Crippen LogP contribution is 2.26. The van der Waals surface area contributed by atoms with Crippen molar-refractivity contribution in [3.05, 3.63) is 68.7 Å². The average molecular weight is 547 g/mol. The van der Waals surface area contributed by atoms with E-state index in [-0.39, 0.29) is 16.4 Å². The van der Waals surface area contributed by atoms with E-state index in [0.717, 1.165) is 24.0 Å². The SMILES string of the molecule is Cc1cc(C)cc(C(=O)C2CNCCN2C(OC(=O)N2CCCCC2N)C(=O)c2ccc(Cl)c(Cl)c2)c1. The highest BCUT2D eigenvalue weighted by atomic mass is 35.5. The lowest BCUT2D eigenvalue weighted by molar-refractivity contribution is -0.0399. The van der Waals surface area contributed by atoms with Gasteiger partial charge in [0.15, 0.2) is 5.78 Å². The number of ketones is 2. The third-order valence-electron chi connectivity index (χ3n) is 6.82. The third kappa shape index (κ3) is 6.33. The second-order valence-corrected chi connectivity index (χ2v) is 10.5. The van der Waals surface area contributed by atoms with Crippen LogP contribution >= 0.6 is 23.2 Å². The molecule has 0 radical (unpaired) electrons. The van der Waals surface area contributed by atoms with E-state index in [1.54, 1.807) is 4.90 Å². The highest BCUT2D eigenvalue weighted by molar-refractivity contribution is 6.42. The van der Waals surface area contributed by atoms with E-state index in [1.807, 2.05) is 32.0 Å². The van der Waals surface area contributed by atoms with Crippen LogP contribution in [0.1, 0.15) is 51.1 Å². The number of piperidine rings is 1. The first kappa shape index (κ1) is 27.5. The van der Waals surface area contributed by atoms with Crippen molar-refractivity contribution in [1.29, 1.82) is 0 Å². The molecule has 3 N–H and O–H groups in total. The van der Waals surface area contributed by atoms with Gasteiger partial charge in [0, 0.05) is 37.3 Å². The smallest absolute Gasteiger partial charge is 0.412 e. The van der Waals surface area contributed by atoms with Gasteiger partial charge < -0.3 is 15.8 Å². The van der Waals surface area contributed by atoms with Crippen LogP contribution in [0, 0.1) is 13.8 Å². The predicted molar refractivity (Wildman–Crippen MR) is 143 cm³/mol. The second kappa shape index (κ2) is 11.9. The Hall–Kier alpha value is -2.49. The van der Waals surface area contributed by atoms with Crippen LogP contribution in [0.15, 0.2) is 36.4 Å². The molecule has 2 fully saturated rings. The molecule has 0 bridgehead atoms. The fraction of sp³-hybridized carbons (Fsp3) is 0.444. The fourth-order valence-electron chi connectivity index (χ4n) is 4.96. The number of hydrogen-bond acceptors (Lipinski definition) is 7. The van der Waals surface area contributed by atoms with Crippen molar-refractivity contribution in [3.63, 3.8) is 0 Å². The molecule has 0 aromatic heterocycles. The normalized spacial score (nSPS) is 21.4. The first-order chi connectivity index (χ1) is 17.7. The zero-order chi connectivity index (χ0) is 26.7. The van der Waals surface area contributed by atoms with Crippen LogP contribution in [-0.4, -0.2) is 72.1 Å². The number of hydrogen-bond donors (Lipinski definition) is 2. The molecule has 0 aliphatic carbocycles. The van der Waals surface area contributed by atoms with E-state index >= 15 is 0 Å². The first-order valence-corrected chi connectivity index (χ1v) is 13.2. The molecule has 2 aliphatic heterocycles. The standard InChI is InChI=1S/C27H32Cl2N4O4/c1-16-11-17(2)13-19(12-16)24(34)22-15-31-8-10-32(22)26(25(35)18-6-7-20(28)21(29)14-18)37-27(36)33-9-4-3-5-23(33)30/h6-7,11-14,22-23,26,31H,3-5,8-10,15,30H2,1-2H3. The molecule has 2 aliphatic rings. The summed E-state index contributed by atoms with van der Waals surface area (Å²) >= 11 is 12.3. The Morgan fingerprint density at radius 1 is 1.00 bits per heavy atom. The van der Waals surface area contributed by atoms with Gasteiger partial charge in [-0.25, -0.2) is 9.69 Å². The molecule has 198 valence electrons. The van der Waals surface area contributed by atoms with Crippen molar-refractivity contribution in [2.24, 2.45) is 5.73 Å². The number of halogens is 2. The summed E-state index contributed by atoms with van der Waals surface area (Å²) in [6, 6.07) is 9.43. The summed E-state index contributed by atoms with van der Waals surface area (Å²) in [4.78, 5) is 43.9. The van der Waals surface area contributed by atoms with Gasteiger partial charge in [-0.05, 0) is 63.4 Å². The molecule has 4 rings (SSSR count). The van der Waals surface area contributed by atoms with Gasteiger partial charge in [-0.2, -0.15) is 0 Å².